The molecule has 116 valence electrons. The molecule has 2 N–H and O–H groups in total. The quantitative estimate of drug-likeness (QED) is 0.834. The van der Waals surface area contributed by atoms with Crippen LogP contribution in [0.1, 0.15) is 59.3 Å². The van der Waals surface area contributed by atoms with Crippen molar-refractivity contribution in [1.82, 2.24) is 10.2 Å². The van der Waals surface area contributed by atoms with Gasteiger partial charge in [-0.05, 0) is 18.3 Å². The van der Waals surface area contributed by atoms with Gasteiger partial charge in [0.15, 0.2) is 0 Å². The molecular weight excluding hydrogens is 256 g/mol. The summed E-state index contributed by atoms with van der Waals surface area (Å²) in [4.78, 5) is 25.0. The molecule has 1 unspecified atom stereocenters. The van der Waals surface area contributed by atoms with Gasteiger partial charge < -0.3 is 15.3 Å². The summed E-state index contributed by atoms with van der Waals surface area (Å²) < 4.78 is 0. The van der Waals surface area contributed by atoms with Gasteiger partial charge in [-0.1, -0.05) is 40.0 Å². The maximum absolute atomic E-state index is 12.3. The van der Waals surface area contributed by atoms with Crippen molar-refractivity contribution in [3.63, 3.8) is 0 Å². The topological polar surface area (TPSA) is 69.6 Å². The van der Waals surface area contributed by atoms with Crippen LogP contribution in [0.15, 0.2) is 0 Å². The molecular formula is C15H28N2O3. The number of urea groups is 1. The summed E-state index contributed by atoms with van der Waals surface area (Å²) >= 11 is 0. The highest BCUT2D eigenvalue weighted by atomic mass is 16.4. The van der Waals surface area contributed by atoms with Gasteiger partial charge in [0, 0.05) is 19.1 Å². The predicted molar refractivity (Wildman–Crippen MR) is 78.7 cm³/mol. The number of nitrogens with one attached hydrogen (secondary N) is 1. The van der Waals surface area contributed by atoms with E-state index in [2.05, 4.69) is 5.32 Å². The van der Waals surface area contributed by atoms with Crippen LogP contribution in [0, 0.1) is 5.41 Å². The lowest BCUT2D eigenvalue weighted by molar-refractivity contribution is -0.138. The molecule has 5 heteroatoms. The summed E-state index contributed by atoms with van der Waals surface area (Å²) in [5.74, 6) is -0.884. The number of carbonyl (C=O) groups is 2. The molecule has 1 rings (SSSR count). The number of amides is 2. The lowest BCUT2D eigenvalue weighted by Gasteiger charge is -2.35. The summed E-state index contributed by atoms with van der Waals surface area (Å²) in [6.45, 7) is 5.84. The van der Waals surface area contributed by atoms with Crippen LogP contribution in [0.2, 0.25) is 0 Å². The van der Waals surface area contributed by atoms with E-state index >= 15 is 0 Å². The highest BCUT2D eigenvalue weighted by Gasteiger charge is 2.31. The van der Waals surface area contributed by atoms with Crippen LogP contribution < -0.4 is 5.32 Å². The van der Waals surface area contributed by atoms with E-state index in [1.165, 1.54) is 19.3 Å². The predicted octanol–water partition coefficient (Wildman–Crippen LogP) is 2.85. The Balaban J connectivity index is 2.62. The van der Waals surface area contributed by atoms with E-state index in [9.17, 15) is 9.59 Å². The number of hydrogen-bond acceptors (Lipinski definition) is 2. The van der Waals surface area contributed by atoms with Gasteiger partial charge in [0.05, 0.1) is 6.42 Å². The van der Waals surface area contributed by atoms with Crippen molar-refractivity contribution in [2.45, 2.75) is 71.4 Å². The van der Waals surface area contributed by atoms with Gasteiger partial charge in [0.1, 0.15) is 0 Å². The second-order valence-electron chi connectivity index (χ2n) is 6.87. The van der Waals surface area contributed by atoms with E-state index < -0.39 is 5.97 Å². The van der Waals surface area contributed by atoms with Gasteiger partial charge in [-0.3, -0.25) is 4.79 Å². The van der Waals surface area contributed by atoms with Crippen molar-refractivity contribution in [2.24, 2.45) is 5.41 Å². The van der Waals surface area contributed by atoms with Crippen LogP contribution in [-0.4, -0.2) is 41.1 Å². The van der Waals surface area contributed by atoms with Gasteiger partial charge >= 0.3 is 12.0 Å². The molecule has 1 aliphatic carbocycles. The highest BCUT2D eigenvalue weighted by molar-refractivity contribution is 5.76. The van der Waals surface area contributed by atoms with Gasteiger partial charge in [0.25, 0.3) is 0 Å². The average molecular weight is 284 g/mol. The van der Waals surface area contributed by atoms with Crippen molar-refractivity contribution in [2.75, 3.05) is 7.05 Å². The summed E-state index contributed by atoms with van der Waals surface area (Å²) in [5, 5.41) is 11.9. The molecule has 1 fully saturated rings. The second-order valence-corrected chi connectivity index (χ2v) is 6.87. The Morgan fingerprint density at radius 2 is 1.80 bits per heavy atom. The van der Waals surface area contributed by atoms with Gasteiger partial charge in [-0.2, -0.15) is 0 Å². The van der Waals surface area contributed by atoms with Crippen LogP contribution in [0.4, 0.5) is 4.79 Å². The van der Waals surface area contributed by atoms with E-state index in [0.29, 0.717) is 0 Å². The van der Waals surface area contributed by atoms with E-state index in [1.54, 1.807) is 4.90 Å². The highest BCUT2D eigenvalue weighted by Crippen LogP contribution is 2.24. The number of aliphatic carboxylic acids is 1. The maximum atomic E-state index is 12.3. The first-order valence-corrected chi connectivity index (χ1v) is 7.47. The van der Waals surface area contributed by atoms with Crippen molar-refractivity contribution < 1.29 is 14.7 Å². The average Bonchev–Trinajstić information content (AvgIpc) is 2.36. The van der Waals surface area contributed by atoms with Crippen LogP contribution in [0.3, 0.4) is 0 Å². The molecule has 1 atom stereocenters. The third-order valence-electron chi connectivity index (χ3n) is 4.16. The SMILES string of the molecule is CN(C(=O)NC(CC(=O)O)C(C)(C)C)C1CCCCC1. The molecule has 0 spiro atoms. The lowest BCUT2D eigenvalue weighted by atomic mass is 9.85. The van der Waals surface area contributed by atoms with Gasteiger partial charge in [-0.15, -0.1) is 0 Å². The Kier molecular flexibility index (Phi) is 5.84. The van der Waals surface area contributed by atoms with Crippen molar-refractivity contribution in [3.8, 4) is 0 Å². The summed E-state index contributed by atoms with van der Waals surface area (Å²) in [6, 6.07) is -0.231. The zero-order chi connectivity index (χ0) is 15.3. The van der Waals surface area contributed by atoms with Crippen LogP contribution in [0.5, 0.6) is 0 Å². The number of nitrogens with zero attached hydrogens (tertiary/aromatic N) is 1. The molecule has 0 bridgehead atoms. The monoisotopic (exact) mass is 284 g/mol. The minimum absolute atomic E-state index is 0.0479. The second kappa shape index (κ2) is 6.95. The standard InChI is InChI=1S/C15H28N2O3/c1-15(2,3)12(10-13(18)19)16-14(20)17(4)11-8-6-5-7-9-11/h11-12H,5-10H2,1-4H3,(H,16,20)(H,18,19). The molecule has 0 radical (unpaired) electrons. The Morgan fingerprint density at radius 1 is 1.25 bits per heavy atom. The van der Waals surface area contributed by atoms with E-state index in [0.717, 1.165) is 12.8 Å². The smallest absolute Gasteiger partial charge is 0.317 e. The molecule has 1 saturated carbocycles. The first-order chi connectivity index (χ1) is 9.21. The minimum Gasteiger partial charge on any atom is -0.481 e. The first-order valence-electron chi connectivity index (χ1n) is 7.47. The van der Waals surface area contributed by atoms with E-state index in [4.69, 9.17) is 5.11 Å². The molecule has 0 aromatic rings. The number of carboxylic acids is 1. The maximum Gasteiger partial charge on any atom is 0.317 e. The third kappa shape index (κ3) is 5.02. The fourth-order valence-electron chi connectivity index (χ4n) is 2.63. The number of carboxylic acid groups (broad SMARTS) is 1. The van der Waals surface area contributed by atoms with Gasteiger partial charge in [-0.25, -0.2) is 4.79 Å². The summed E-state index contributed by atoms with van der Waals surface area (Å²) in [7, 11) is 1.81. The van der Waals surface area contributed by atoms with E-state index in [-0.39, 0.29) is 30.0 Å². The van der Waals surface area contributed by atoms with Crippen molar-refractivity contribution in [1.29, 1.82) is 0 Å². The Morgan fingerprint density at radius 3 is 2.25 bits per heavy atom. The number of carbonyl (C=O) groups excluding carboxylic acids is 1. The molecule has 0 aromatic heterocycles. The summed E-state index contributed by atoms with van der Waals surface area (Å²) in [5.41, 5.74) is -0.276. The molecule has 2 amide bonds. The molecule has 0 saturated heterocycles. The third-order valence-corrected chi connectivity index (χ3v) is 4.16. The molecule has 0 heterocycles. The largest absolute Gasteiger partial charge is 0.481 e. The fourth-order valence-corrected chi connectivity index (χ4v) is 2.63. The fraction of sp³-hybridized carbons (Fsp3) is 0.867. The summed E-state index contributed by atoms with van der Waals surface area (Å²) in [6.07, 6.45) is 5.62. The van der Waals surface area contributed by atoms with Crippen LogP contribution in [0.25, 0.3) is 0 Å². The first kappa shape index (κ1) is 16.8. The van der Waals surface area contributed by atoms with Crippen molar-refractivity contribution >= 4 is 12.0 Å². The lowest BCUT2D eigenvalue weighted by Crippen LogP contribution is -2.52. The molecule has 1 aliphatic rings. The minimum atomic E-state index is -0.884. The Labute approximate surface area is 121 Å². The number of rotatable bonds is 4. The molecule has 5 nitrogen and oxygen atoms in total. The van der Waals surface area contributed by atoms with Crippen LogP contribution >= 0.6 is 0 Å². The number of hydrogen-bond donors (Lipinski definition) is 2. The zero-order valence-corrected chi connectivity index (χ0v) is 13.1. The zero-order valence-electron chi connectivity index (χ0n) is 13.1. The van der Waals surface area contributed by atoms with Crippen LogP contribution in [-0.2, 0) is 4.79 Å². The van der Waals surface area contributed by atoms with E-state index in [1.807, 2.05) is 27.8 Å². The molecule has 20 heavy (non-hydrogen) atoms. The Hall–Kier alpha value is -1.26. The molecule has 0 aliphatic heterocycles. The normalized spacial score (nSPS) is 18.4. The van der Waals surface area contributed by atoms with Gasteiger partial charge in [0.2, 0.25) is 0 Å². The van der Waals surface area contributed by atoms with Crippen molar-refractivity contribution in [3.05, 3.63) is 0 Å². The Bertz CT molecular complexity index is 344. The molecule has 0 aromatic carbocycles.